The molecule has 0 saturated carbocycles. The predicted molar refractivity (Wildman–Crippen MR) is 70.9 cm³/mol. The molecule has 0 bridgehead atoms. The van der Waals surface area contributed by atoms with Crippen molar-refractivity contribution >= 4 is 34.9 Å². The Labute approximate surface area is 102 Å². The summed E-state index contributed by atoms with van der Waals surface area (Å²) < 4.78 is 0. The Balaban J connectivity index is 0.000000381. The lowest BCUT2D eigenvalue weighted by Gasteiger charge is -1.90. The van der Waals surface area contributed by atoms with E-state index in [1.54, 1.807) is 6.20 Å². The van der Waals surface area contributed by atoms with Crippen molar-refractivity contribution in [1.82, 2.24) is 10.2 Å². The molecule has 0 radical (unpaired) electrons. The van der Waals surface area contributed by atoms with Gasteiger partial charge >= 0.3 is 0 Å². The van der Waals surface area contributed by atoms with Gasteiger partial charge in [-0.25, -0.2) is 0 Å². The fraction of sp³-hybridized carbons (Fsp3) is 0.273. The molecular weight excluding hydrogens is 287 g/mol. The van der Waals surface area contributed by atoms with Gasteiger partial charge in [-0.2, -0.15) is 10.2 Å². The average molecular weight is 302 g/mol. The van der Waals surface area contributed by atoms with E-state index in [1.165, 1.54) is 6.42 Å². The third-order valence-electron chi connectivity index (χ3n) is 1.42. The minimum atomic E-state index is 0. The second-order valence-corrected chi connectivity index (χ2v) is 2.80. The normalized spacial score (nSPS) is 8.43. The van der Waals surface area contributed by atoms with Gasteiger partial charge in [0.2, 0.25) is 0 Å². The molecule has 0 atom stereocenters. The summed E-state index contributed by atoms with van der Waals surface area (Å²) in [6.07, 6.45) is 2.95. The van der Waals surface area contributed by atoms with E-state index < -0.39 is 0 Å². The molecule has 1 aromatic heterocycles. The van der Waals surface area contributed by atoms with Gasteiger partial charge in [-0.1, -0.05) is 38.5 Å². The van der Waals surface area contributed by atoms with Crippen LogP contribution >= 0.6 is 24.0 Å². The summed E-state index contributed by atoms with van der Waals surface area (Å²) in [5.74, 6) is 0. The van der Waals surface area contributed by atoms with E-state index in [0.29, 0.717) is 0 Å². The second-order valence-electron chi connectivity index (χ2n) is 2.80. The number of benzene rings is 1. The van der Waals surface area contributed by atoms with E-state index >= 15 is 0 Å². The highest BCUT2D eigenvalue weighted by Gasteiger charge is 1.87. The Morgan fingerprint density at radius 3 is 2.36 bits per heavy atom. The van der Waals surface area contributed by atoms with Crippen LogP contribution in [0.1, 0.15) is 20.3 Å². The number of aromatic nitrogens is 2. The highest BCUT2D eigenvalue weighted by atomic mass is 127. The van der Waals surface area contributed by atoms with Gasteiger partial charge < -0.3 is 0 Å². The smallest absolute Gasteiger partial charge is 0.0929 e. The molecule has 0 N–H and O–H groups in total. The third kappa shape index (κ3) is 4.00. The van der Waals surface area contributed by atoms with Crippen LogP contribution in [-0.4, -0.2) is 10.2 Å². The average Bonchev–Trinajstić information content (AvgIpc) is 2.19. The largest absolute Gasteiger partial charge is 0.159 e. The fourth-order valence-electron chi connectivity index (χ4n) is 0.929. The monoisotopic (exact) mass is 302 g/mol. The SMILES string of the molecule is CCC.I.c1ccc2nnccc2c1. The number of rotatable bonds is 0. The highest BCUT2D eigenvalue weighted by molar-refractivity contribution is 14.0. The van der Waals surface area contributed by atoms with Crippen LogP contribution in [0.15, 0.2) is 36.5 Å². The highest BCUT2D eigenvalue weighted by Crippen LogP contribution is 2.06. The molecule has 3 heteroatoms. The summed E-state index contributed by atoms with van der Waals surface area (Å²) in [5.41, 5.74) is 0.949. The van der Waals surface area contributed by atoms with Gasteiger partial charge in [0.15, 0.2) is 0 Å². The maximum atomic E-state index is 3.93. The Hall–Kier alpha value is -0.710. The first-order chi connectivity index (χ1) is 6.38. The van der Waals surface area contributed by atoms with Crippen LogP contribution in [0.4, 0.5) is 0 Å². The number of fused-ring (bicyclic) bond motifs is 1. The molecule has 1 heterocycles. The summed E-state index contributed by atoms with van der Waals surface area (Å²) in [6, 6.07) is 9.86. The molecule has 2 rings (SSSR count). The first kappa shape index (κ1) is 13.3. The van der Waals surface area contributed by atoms with Crippen molar-refractivity contribution in [1.29, 1.82) is 0 Å². The van der Waals surface area contributed by atoms with Crippen LogP contribution in [0.25, 0.3) is 10.9 Å². The predicted octanol–water partition coefficient (Wildman–Crippen LogP) is 3.66. The molecule has 0 unspecified atom stereocenters. The first-order valence-corrected chi connectivity index (χ1v) is 4.55. The lowest BCUT2D eigenvalue weighted by atomic mass is 10.2. The molecule has 0 fully saturated rings. The first-order valence-electron chi connectivity index (χ1n) is 4.55. The lowest BCUT2D eigenvalue weighted by Crippen LogP contribution is -1.79. The zero-order valence-electron chi connectivity index (χ0n) is 8.47. The van der Waals surface area contributed by atoms with Gasteiger partial charge in [0.25, 0.3) is 0 Å². The molecule has 2 aromatic rings. The molecule has 1 aromatic carbocycles. The third-order valence-corrected chi connectivity index (χ3v) is 1.42. The number of halogens is 1. The number of hydrogen-bond donors (Lipinski definition) is 0. The van der Waals surface area contributed by atoms with Gasteiger partial charge in [0.1, 0.15) is 0 Å². The van der Waals surface area contributed by atoms with Crippen LogP contribution in [0.2, 0.25) is 0 Å². The molecule has 14 heavy (non-hydrogen) atoms. The van der Waals surface area contributed by atoms with Crippen molar-refractivity contribution in [2.75, 3.05) is 0 Å². The lowest BCUT2D eigenvalue weighted by molar-refractivity contribution is 1.08. The van der Waals surface area contributed by atoms with Crippen molar-refractivity contribution in [3.63, 3.8) is 0 Å². The number of nitrogens with zero attached hydrogens (tertiary/aromatic N) is 2. The minimum Gasteiger partial charge on any atom is -0.159 e. The molecule has 0 aliphatic rings. The van der Waals surface area contributed by atoms with Gasteiger partial charge in [-0.3, -0.25) is 0 Å². The van der Waals surface area contributed by atoms with E-state index in [9.17, 15) is 0 Å². The van der Waals surface area contributed by atoms with E-state index in [1.807, 2.05) is 30.3 Å². The molecule has 0 spiro atoms. The standard InChI is InChI=1S/C8H6N2.C3H8.HI/c1-2-4-8-7(3-1)5-6-9-10-8;1-3-2;/h1-6H;3H2,1-2H3;1H. The minimum absolute atomic E-state index is 0. The maximum absolute atomic E-state index is 3.93. The van der Waals surface area contributed by atoms with E-state index in [0.717, 1.165) is 10.9 Å². The Bertz CT molecular complexity index is 297. The zero-order valence-corrected chi connectivity index (χ0v) is 10.8. The van der Waals surface area contributed by atoms with Crippen LogP contribution < -0.4 is 0 Å². The number of hydrogen-bond acceptors (Lipinski definition) is 2. The summed E-state index contributed by atoms with van der Waals surface area (Å²) in [6.45, 7) is 4.25. The van der Waals surface area contributed by atoms with Crippen molar-refractivity contribution < 1.29 is 0 Å². The van der Waals surface area contributed by atoms with Gasteiger partial charge in [0, 0.05) is 5.39 Å². The summed E-state index contributed by atoms with van der Waals surface area (Å²) in [4.78, 5) is 0. The summed E-state index contributed by atoms with van der Waals surface area (Å²) >= 11 is 0. The van der Waals surface area contributed by atoms with Crippen molar-refractivity contribution in [3.8, 4) is 0 Å². The van der Waals surface area contributed by atoms with E-state index in [2.05, 4.69) is 24.0 Å². The van der Waals surface area contributed by atoms with Crippen molar-refractivity contribution in [3.05, 3.63) is 36.5 Å². The molecule has 0 aliphatic heterocycles. The van der Waals surface area contributed by atoms with E-state index in [-0.39, 0.29) is 24.0 Å². The van der Waals surface area contributed by atoms with Gasteiger partial charge in [0.05, 0.1) is 11.7 Å². The van der Waals surface area contributed by atoms with Crippen LogP contribution in [0.5, 0.6) is 0 Å². The second kappa shape index (κ2) is 7.67. The van der Waals surface area contributed by atoms with Crippen molar-refractivity contribution in [2.45, 2.75) is 20.3 Å². The van der Waals surface area contributed by atoms with Gasteiger partial charge in [-0.15, -0.1) is 24.0 Å². The Kier molecular flexibility index (Phi) is 7.28. The molecule has 2 nitrogen and oxygen atoms in total. The topological polar surface area (TPSA) is 25.8 Å². The molecule has 76 valence electrons. The molecule has 0 amide bonds. The van der Waals surface area contributed by atoms with E-state index in [4.69, 9.17) is 0 Å². The Morgan fingerprint density at radius 2 is 1.71 bits per heavy atom. The summed E-state index contributed by atoms with van der Waals surface area (Å²) in [7, 11) is 0. The van der Waals surface area contributed by atoms with Crippen LogP contribution in [-0.2, 0) is 0 Å². The maximum Gasteiger partial charge on any atom is 0.0929 e. The summed E-state index contributed by atoms with van der Waals surface area (Å²) in [5, 5.41) is 8.83. The Morgan fingerprint density at radius 1 is 1.07 bits per heavy atom. The quantitative estimate of drug-likeness (QED) is 0.694. The molecular formula is C11H15IN2. The molecule has 0 saturated heterocycles. The van der Waals surface area contributed by atoms with Crippen LogP contribution in [0.3, 0.4) is 0 Å². The van der Waals surface area contributed by atoms with Gasteiger partial charge in [-0.05, 0) is 12.1 Å². The fourth-order valence-corrected chi connectivity index (χ4v) is 0.929. The zero-order chi connectivity index (χ0) is 9.52. The van der Waals surface area contributed by atoms with Crippen molar-refractivity contribution in [2.24, 2.45) is 0 Å². The van der Waals surface area contributed by atoms with Crippen LogP contribution in [0, 0.1) is 0 Å². The molecule has 0 aliphatic carbocycles.